The highest BCUT2D eigenvalue weighted by Crippen LogP contribution is 2.29. The fraction of sp³-hybridized carbons (Fsp3) is 0.174. The van der Waals surface area contributed by atoms with Gasteiger partial charge in [-0.25, -0.2) is 0 Å². The van der Waals surface area contributed by atoms with Crippen LogP contribution in [0.5, 0.6) is 11.5 Å². The number of amides is 2. The number of hydrogen-bond acceptors (Lipinski definition) is 4. The zero-order chi connectivity index (χ0) is 21.1. The van der Waals surface area contributed by atoms with Crippen molar-refractivity contribution in [3.05, 3.63) is 79.0 Å². The van der Waals surface area contributed by atoms with Gasteiger partial charge >= 0.3 is 0 Å². The van der Waals surface area contributed by atoms with Gasteiger partial charge in [0.25, 0.3) is 5.91 Å². The van der Waals surface area contributed by atoms with Crippen molar-refractivity contribution in [1.82, 2.24) is 20.0 Å². The van der Waals surface area contributed by atoms with Gasteiger partial charge in [-0.15, -0.1) is 0 Å². The maximum Gasteiger partial charge on any atom is 0.254 e. The highest BCUT2D eigenvalue weighted by Gasteiger charge is 2.32. The molecule has 0 radical (unpaired) electrons. The molecule has 2 heterocycles. The molecule has 0 bridgehead atoms. The van der Waals surface area contributed by atoms with Crippen molar-refractivity contribution >= 4 is 11.8 Å². The Labute approximate surface area is 174 Å². The van der Waals surface area contributed by atoms with E-state index in [9.17, 15) is 9.59 Å². The monoisotopic (exact) mass is 402 g/mol. The lowest BCUT2D eigenvalue weighted by Crippen LogP contribution is -2.50. The van der Waals surface area contributed by atoms with E-state index < -0.39 is 0 Å². The molecule has 4 rings (SSSR count). The topological polar surface area (TPSA) is 76.5 Å². The van der Waals surface area contributed by atoms with E-state index in [1.807, 2.05) is 54.6 Å². The van der Waals surface area contributed by atoms with Crippen molar-refractivity contribution in [2.75, 3.05) is 20.1 Å². The van der Waals surface area contributed by atoms with Crippen LogP contribution in [0.2, 0.25) is 0 Å². The second-order valence-corrected chi connectivity index (χ2v) is 6.99. The molecule has 0 unspecified atom stereocenters. The number of rotatable bonds is 6. The van der Waals surface area contributed by atoms with Crippen LogP contribution in [0.1, 0.15) is 16.4 Å². The Balaban J connectivity index is 1.57. The quantitative estimate of drug-likeness (QED) is 0.642. The fourth-order valence-corrected chi connectivity index (χ4v) is 3.33. The Hall–Kier alpha value is -3.87. The number of aromatic nitrogens is 2. The largest absolute Gasteiger partial charge is 0.457 e. The molecule has 30 heavy (non-hydrogen) atoms. The minimum Gasteiger partial charge on any atom is -0.457 e. The van der Waals surface area contributed by atoms with Gasteiger partial charge in [-0.1, -0.05) is 24.8 Å². The van der Waals surface area contributed by atoms with Crippen LogP contribution in [0.15, 0.2) is 73.4 Å². The van der Waals surface area contributed by atoms with Crippen LogP contribution < -0.4 is 10.1 Å². The van der Waals surface area contributed by atoms with Crippen molar-refractivity contribution in [1.29, 1.82) is 0 Å². The molecule has 0 saturated carbocycles. The molecule has 0 atom stereocenters. The zero-order valence-electron chi connectivity index (χ0n) is 16.6. The van der Waals surface area contributed by atoms with Crippen LogP contribution in [0, 0.1) is 0 Å². The number of likely N-dealkylation sites (tertiary alicyclic amines) is 1. The first-order valence-corrected chi connectivity index (χ1v) is 9.65. The summed E-state index contributed by atoms with van der Waals surface area (Å²) in [5.74, 6) is 1.14. The first-order valence-electron chi connectivity index (χ1n) is 9.65. The number of para-hydroxylation sites is 1. The lowest BCUT2D eigenvalue weighted by molar-refractivity contribution is -0.131. The summed E-state index contributed by atoms with van der Waals surface area (Å²) in [6, 6.07) is 17.0. The van der Waals surface area contributed by atoms with Crippen LogP contribution in [-0.2, 0) is 4.79 Å². The number of nitrogens with zero attached hydrogens (tertiary/aromatic N) is 3. The van der Waals surface area contributed by atoms with Crippen molar-refractivity contribution in [2.24, 2.45) is 0 Å². The maximum atomic E-state index is 12.4. The Morgan fingerprint density at radius 2 is 1.77 bits per heavy atom. The standard InChI is InChI=1S/C23H22N4O3/c1-3-21(28)26-13-17(14-26)27-15-20(23(29)24-2)22(25-27)16-9-11-19(12-10-16)30-18-7-5-4-6-8-18/h3-12,15,17H,1,13-14H2,2H3,(H,24,29). The summed E-state index contributed by atoms with van der Waals surface area (Å²) < 4.78 is 7.60. The number of ether oxygens (including phenoxy) is 1. The minimum atomic E-state index is -0.209. The van der Waals surface area contributed by atoms with E-state index in [2.05, 4.69) is 17.0 Å². The Morgan fingerprint density at radius 1 is 1.10 bits per heavy atom. The van der Waals surface area contributed by atoms with Gasteiger partial charge in [-0.05, 0) is 42.5 Å². The fourth-order valence-electron chi connectivity index (χ4n) is 3.33. The SMILES string of the molecule is C=CC(=O)N1CC(n2cc(C(=O)NC)c(-c3ccc(Oc4ccccc4)cc3)n2)C1. The molecule has 1 fully saturated rings. The van der Waals surface area contributed by atoms with Gasteiger partial charge in [0.05, 0.1) is 11.6 Å². The smallest absolute Gasteiger partial charge is 0.254 e. The van der Waals surface area contributed by atoms with Gasteiger partial charge in [0.2, 0.25) is 5.91 Å². The lowest BCUT2D eigenvalue weighted by Gasteiger charge is -2.38. The molecule has 3 aromatic rings. The second kappa shape index (κ2) is 8.24. The average molecular weight is 402 g/mol. The molecule has 1 aromatic heterocycles. The van der Waals surface area contributed by atoms with E-state index >= 15 is 0 Å². The van der Waals surface area contributed by atoms with Gasteiger partial charge in [0.1, 0.15) is 17.2 Å². The summed E-state index contributed by atoms with van der Waals surface area (Å²) >= 11 is 0. The van der Waals surface area contributed by atoms with E-state index in [1.54, 1.807) is 22.8 Å². The normalized spacial score (nSPS) is 13.4. The van der Waals surface area contributed by atoms with Crippen LogP contribution in [-0.4, -0.2) is 46.6 Å². The summed E-state index contributed by atoms with van der Waals surface area (Å²) in [4.78, 5) is 25.8. The summed E-state index contributed by atoms with van der Waals surface area (Å²) in [5.41, 5.74) is 1.89. The van der Waals surface area contributed by atoms with Crippen LogP contribution in [0.25, 0.3) is 11.3 Å². The van der Waals surface area contributed by atoms with E-state index in [1.165, 1.54) is 6.08 Å². The predicted octanol–water partition coefficient (Wildman–Crippen LogP) is 3.27. The lowest BCUT2D eigenvalue weighted by atomic mass is 10.1. The van der Waals surface area contributed by atoms with Crippen LogP contribution >= 0.6 is 0 Å². The third-order valence-electron chi connectivity index (χ3n) is 5.03. The maximum absolute atomic E-state index is 12.4. The van der Waals surface area contributed by atoms with Gasteiger partial charge in [0.15, 0.2) is 0 Å². The molecular weight excluding hydrogens is 380 g/mol. The summed E-state index contributed by atoms with van der Waals surface area (Å²) in [5, 5.41) is 7.32. The summed E-state index contributed by atoms with van der Waals surface area (Å²) in [6.07, 6.45) is 3.04. The van der Waals surface area contributed by atoms with Crippen molar-refractivity contribution < 1.29 is 14.3 Å². The van der Waals surface area contributed by atoms with Crippen molar-refractivity contribution in [3.8, 4) is 22.8 Å². The highest BCUT2D eigenvalue weighted by molar-refractivity contribution is 5.99. The van der Waals surface area contributed by atoms with Gasteiger partial charge in [0, 0.05) is 31.9 Å². The molecule has 0 spiro atoms. The predicted molar refractivity (Wildman–Crippen MR) is 113 cm³/mol. The number of nitrogens with one attached hydrogen (secondary N) is 1. The average Bonchev–Trinajstić information content (AvgIpc) is 3.18. The number of carbonyl (C=O) groups excluding carboxylic acids is 2. The molecule has 1 aliphatic rings. The van der Waals surface area contributed by atoms with Crippen molar-refractivity contribution in [3.63, 3.8) is 0 Å². The summed E-state index contributed by atoms with van der Waals surface area (Å²) in [6.45, 7) is 4.60. The third-order valence-corrected chi connectivity index (χ3v) is 5.03. The molecule has 152 valence electrons. The first-order chi connectivity index (χ1) is 14.6. The molecule has 2 amide bonds. The number of hydrogen-bond donors (Lipinski definition) is 1. The van der Waals surface area contributed by atoms with Gasteiger partial charge < -0.3 is 15.0 Å². The summed E-state index contributed by atoms with van der Waals surface area (Å²) in [7, 11) is 1.59. The van der Waals surface area contributed by atoms with Gasteiger partial charge in [-0.2, -0.15) is 5.10 Å². The van der Waals surface area contributed by atoms with E-state index in [0.717, 1.165) is 11.3 Å². The molecule has 1 aliphatic heterocycles. The Kier molecular flexibility index (Phi) is 5.34. The molecule has 1 N–H and O–H groups in total. The van der Waals surface area contributed by atoms with Crippen molar-refractivity contribution in [2.45, 2.75) is 6.04 Å². The zero-order valence-corrected chi connectivity index (χ0v) is 16.6. The van der Waals surface area contributed by atoms with Crippen LogP contribution in [0.4, 0.5) is 0 Å². The molecular formula is C23H22N4O3. The van der Waals surface area contributed by atoms with Crippen LogP contribution in [0.3, 0.4) is 0 Å². The highest BCUT2D eigenvalue weighted by atomic mass is 16.5. The molecule has 0 aliphatic carbocycles. The first kappa shape index (κ1) is 19.4. The molecule has 7 nitrogen and oxygen atoms in total. The third kappa shape index (κ3) is 3.82. The van der Waals surface area contributed by atoms with E-state index in [0.29, 0.717) is 30.1 Å². The van der Waals surface area contributed by atoms with E-state index in [-0.39, 0.29) is 17.9 Å². The van der Waals surface area contributed by atoms with E-state index in [4.69, 9.17) is 4.74 Å². The minimum absolute atomic E-state index is 0.0340. The number of carbonyl (C=O) groups is 2. The molecule has 1 saturated heterocycles. The second-order valence-electron chi connectivity index (χ2n) is 6.99. The molecule has 2 aromatic carbocycles. The Bertz CT molecular complexity index is 1070. The molecule has 7 heteroatoms. The van der Waals surface area contributed by atoms with Gasteiger partial charge in [-0.3, -0.25) is 14.3 Å². The Morgan fingerprint density at radius 3 is 2.40 bits per heavy atom. The number of benzene rings is 2.